The number of halogens is 1. The minimum atomic E-state index is -0.110. The SMILES string of the molecule is CCOc1ccc(N=C2S/C(=C/c3cc(OC)c(OCC)cc3Cl)C(=O)N2CC)cc1. The zero-order chi connectivity index (χ0) is 22.4. The fourth-order valence-corrected chi connectivity index (χ4v) is 4.26. The lowest BCUT2D eigenvalue weighted by Crippen LogP contribution is -2.28. The van der Waals surface area contributed by atoms with Crippen LogP contribution >= 0.6 is 23.4 Å². The lowest BCUT2D eigenvalue weighted by molar-refractivity contribution is -0.122. The van der Waals surface area contributed by atoms with E-state index in [2.05, 4.69) is 4.99 Å². The molecule has 0 aromatic heterocycles. The molecule has 1 fully saturated rings. The standard InChI is InChI=1S/C23H25ClN2O4S/c1-5-26-22(27)21(13-15-12-19(28-4)20(30-7-3)14-18(15)24)31-23(26)25-16-8-10-17(11-9-16)29-6-2/h8-14H,5-7H2,1-4H3/b21-13+,25-23?. The smallest absolute Gasteiger partial charge is 0.266 e. The van der Waals surface area contributed by atoms with Gasteiger partial charge in [-0.3, -0.25) is 9.69 Å². The van der Waals surface area contributed by atoms with Crippen molar-refractivity contribution in [2.75, 3.05) is 26.9 Å². The first-order valence-corrected chi connectivity index (χ1v) is 11.2. The zero-order valence-corrected chi connectivity index (χ0v) is 19.5. The van der Waals surface area contributed by atoms with Gasteiger partial charge in [-0.15, -0.1) is 0 Å². The van der Waals surface area contributed by atoms with Gasteiger partial charge < -0.3 is 14.2 Å². The van der Waals surface area contributed by atoms with Crippen LogP contribution in [0.3, 0.4) is 0 Å². The average Bonchev–Trinajstić information content (AvgIpc) is 3.05. The van der Waals surface area contributed by atoms with Gasteiger partial charge in [0.1, 0.15) is 5.75 Å². The van der Waals surface area contributed by atoms with E-state index < -0.39 is 0 Å². The molecule has 6 nitrogen and oxygen atoms in total. The number of carbonyl (C=O) groups is 1. The number of hydrogen-bond acceptors (Lipinski definition) is 6. The fraction of sp³-hybridized carbons (Fsp3) is 0.304. The maximum atomic E-state index is 13.0. The van der Waals surface area contributed by atoms with Crippen molar-refractivity contribution in [3.63, 3.8) is 0 Å². The van der Waals surface area contributed by atoms with Gasteiger partial charge in [0.2, 0.25) is 0 Å². The number of carbonyl (C=O) groups excluding carboxylic acids is 1. The predicted molar refractivity (Wildman–Crippen MR) is 127 cm³/mol. The summed E-state index contributed by atoms with van der Waals surface area (Å²) in [7, 11) is 1.57. The monoisotopic (exact) mass is 460 g/mol. The van der Waals surface area contributed by atoms with Gasteiger partial charge in [0, 0.05) is 12.6 Å². The second-order valence-electron chi connectivity index (χ2n) is 6.44. The molecule has 164 valence electrons. The van der Waals surface area contributed by atoms with Gasteiger partial charge in [0.25, 0.3) is 5.91 Å². The first-order valence-electron chi connectivity index (χ1n) is 10.0. The van der Waals surface area contributed by atoms with Gasteiger partial charge in [0.05, 0.1) is 35.9 Å². The van der Waals surface area contributed by atoms with E-state index in [-0.39, 0.29) is 5.91 Å². The molecule has 0 spiro atoms. The summed E-state index contributed by atoms with van der Waals surface area (Å²) in [6, 6.07) is 10.9. The van der Waals surface area contributed by atoms with Gasteiger partial charge in [0.15, 0.2) is 16.7 Å². The number of likely N-dealkylation sites (N-methyl/N-ethyl adjacent to an activating group) is 1. The van der Waals surface area contributed by atoms with Crippen LogP contribution in [0.15, 0.2) is 46.3 Å². The lowest BCUT2D eigenvalue weighted by Gasteiger charge is -2.12. The summed E-state index contributed by atoms with van der Waals surface area (Å²) in [4.78, 5) is 19.8. The second-order valence-corrected chi connectivity index (χ2v) is 7.86. The Labute approximate surface area is 191 Å². The third-order valence-corrected chi connectivity index (χ3v) is 5.78. The summed E-state index contributed by atoms with van der Waals surface area (Å²) in [5, 5.41) is 1.10. The Kier molecular flexibility index (Phi) is 7.87. The Bertz CT molecular complexity index is 1010. The molecule has 1 saturated heterocycles. The van der Waals surface area contributed by atoms with Crippen molar-refractivity contribution >= 4 is 46.2 Å². The van der Waals surface area contributed by atoms with Crippen molar-refractivity contribution in [2.24, 2.45) is 4.99 Å². The Morgan fingerprint density at radius 1 is 1.06 bits per heavy atom. The molecule has 1 heterocycles. The number of methoxy groups -OCH3 is 1. The minimum absolute atomic E-state index is 0.110. The molecule has 31 heavy (non-hydrogen) atoms. The summed E-state index contributed by atoms with van der Waals surface area (Å²) in [6.07, 6.45) is 1.76. The predicted octanol–water partition coefficient (Wildman–Crippen LogP) is 5.77. The van der Waals surface area contributed by atoms with Gasteiger partial charge in [-0.25, -0.2) is 4.99 Å². The molecule has 8 heteroatoms. The molecular formula is C23H25ClN2O4S. The molecule has 0 saturated carbocycles. The number of aliphatic imine (C=N–C) groups is 1. The molecule has 2 aromatic rings. The van der Waals surface area contributed by atoms with Crippen LogP contribution in [-0.2, 0) is 4.79 Å². The maximum Gasteiger partial charge on any atom is 0.266 e. The molecular weight excluding hydrogens is 436 g/mol. The number of thioether (sulfide) groups is 1. The summed E-state index contributed by atoms with van der Waals surface area (Å²) in [5.74, 6) is 1.80. The van der Waals surface area contributed by atoms with Crippen molar-refractivity contribution in [1.29, 1.82) is 0 Å². The Morgan fingerprint density at radius 2 is 1.77 bits per heavy atom. The zero-order valence-electron chi connectivity index (χ0n) is 18.0. The van der Waals surface area contributed by atoms with Gasteiger partial charge in [-0.05, 0) is 74.5 Å². The first kappa shape index (κ1) is 23.0. The molecule has 0 radical (unpaired) electrons. The third-order valence-electron chi connectivity index (χ3n) is 4.45. The van der Waals surface area contributed by atoms with E-state index in [0.717, 1.165) is 11.4 Å². The minimum Gasteiger partial charge on any atom is -0.494 e. The number of benzene rings is 2. The maximum absolute atomic E-state index is 13.0. The number of nitrogens with zero attached hydrogens (tertiary/aromatic N) is 2. The highest BCUT2D eigenvalue weighted by Crippen LogP contribution is 2.38. The topological polar surface area (TPSA) is 60.4 Å². The third kappa shape index (κ3) is 5.35. The summed E-state index contributed by atoms with van der Waals surface area (Å²) < 4.78 is 16.4. The van der Waals surface area contributed by atoms with Gasteiger partial charge >= 0.3 is 0 Å². The molecule has 0 unspecified atom stereocenters. The van der Waals surface area contributed by atoms with Crippen LogP contribution in [0.2, 0.25) is 5.02 Å². The highest BCUT2D eigenvalue weighted by atomic mass is 35.5. The quantitative estimate of drug-likeness (QED) is 0.468. The highest BCUT2D eigenvalue weighted by Gasteiger charge is 2.32. The van der Waals surface area contributed by atoms with Crippen molar-refractivity contribution in [3.05, 3.63) is 51.9 Å². The van der Waals surface area contributed by atoms with Crippen molar-refractivity contribution in [2.45, 2.75) is 20.8 Å². The number of amides is 1. The van der Waals surface area contributed by atoms with Crippen LogP contribution in [0.25, 0.3) is 6.08 Å². The summed E-state index contributed by atoms with van der Waals surface area (Å²) >= 11 is 7.76. The molecule has 0 bridgehead atoms. The summed E-state index contributed by atoms with van der Waals surface area (Å²) in [6.45, 7) is 7.37. The van der Waals surface area contributed by atoms with Gasteiger partial charge in [-0.1, -0.05) is 11.6 Å². The number of ether oxygens (including phenoxy) is 3. The van der Waals surface area contributed by atoms with Crippen LogP contribution in [0.1, 0.15) is 26.3 Å². The Balaban J connectivity index is 1.91. The van der Waals surface area contributed by atoms with Crippen molar-refractivity contribution < 1.29 is 19.0 Å². The Morgan fingerprint density at radius 3 is 2.39 bits per heavy atom. The molecule has 1 aliphatic heterocycles. The molecule has 0 aliphatic carbocycles. The van der Waals surface area contributed by atoms with Crippen molar-refractivity contribution in [3.8, 4) is 17.2 Å². The highest BCUT2D eigenvalue weighted by molar-refractivity contribution is 8.18. The summed E-state index contributed by atoms with van der Waals surface area (Å²) in [5.41, 5.74) is 1.43. The molecule has 0 atom stereocenters. The number of rotatable bonds is 8. The molecule has 2 aromatic carbocycles. The van der Waals surface area contributed by atoms with Crippen molar-refractivity contribution in [1.82, 2.24) is 4.90 Å². The normalized spacial score (nSPS) is 16.3. The van der Waals surface area contributed by atoms with E-state index in [9.17, 15) is 4.79 Å². The van der Waals surface area contributed by atoms with E-state index in [1.165, 1.54) is 11.8 Å². The van der Waals surface area contributed by atoms with E-state index in [4.69, 9.17) is 25.8 Å². The van der Waals surface area contributed by atoms with Crippen LogP contribution in [0, 0.1) is 0 Å². The number of hydrogen-bond donors (Lipinski definition) is 0. The van der Waals surface area contributed by atoms with E-state index in [1.807, 2.05) is 45.0 Å². The van der Waals surface area contributed by atoms with Gasteiger partial charge in [-0.2, -0.15) is 0 Å². The molecule has 3 rings (SSSR count). The second kappa shape index (κ2) is 10.6. The van der Waals surface area contributed by atoms with E-state index >= 15 is 0 Å². The average molecular weight is 461 g/mol. The fourth-order valence-electron chi connectivity index (χ4n) is 2.99. The molecule has 1 amide bonds. The van der Waals surface area contributed by atoms with E-state index in [0.29, 0.717) is 51.9 Å². The van der Waals surface area contributed by atoms with Crippen LogP contribution < -0.4 is 14.2 Å². The Hall–Kier alpha value is -2.64. The largest absolute Gasteiger partial charge is 0.494 e. The van der Waals surface area contributed by atoms with E-state index in [1.54, 1.807) is 30.2 Å². The van der Waals surface area contributed by atoms with Crippen LogP contribution in [0.5, 0.6) is 17.2 Å². The molecule has 0 N–H and O–H groups in total. The molecule has 1 aliphatic rings. The first-order chi connectivity index (χ1) is 15.0. The van der Waals surface area contributed by atoms with Crippen LogP contribution in [-0.4, -0.2) is 42.8 Å². The number of amidine groups is 1. The van der Waals surface area contributed by atoms with Crippen LogP contribution in [0.4, 0.5) is 5.69 Å². The lowest BCUT2D eigenvalue weighted by atomic mass is 10.1.